The molecule has 3 rings (SSSR count). The van der Waals surface area contributed by atoms with Gasteiger partial charge in [0.15, 0.2) is 0 Å². The van der Waals surface area contributed by atoms with Crippen LogP contribution in [-0.2, 0) is 16.1 Å². The predicted octanol–water partition coefficient (Wildman–Crippen LogP) is 2.96. The molecule has 0 aliphatic carbocycles. The van der Waals surface area contributed by atoms with Gasteiger partial charge >= 0.3 is 5.97 Å². The van der Waals surface area contributed by atoms with Gasteiger partial charge in [0.25, 0.3) is 0 Å². The third kappa shape index (κ3) is 3.74. The van der Waals surface area contributed by atoms with Crippen molar-refractivity contribution in [3.63, 3.8) is 0 Å². The second kappa shape index (κ2) is 7.05. The number of hydrogen-bond acceptors (Lipinski definition) is 4. The molecular formula is C18H18N2O3. The van der Waals surface area contributed by atoms with E-state index in [2.05, 4.69) is 4.98 Å². The molecule has 1 amide bonds. The van der Waals surface area contributed by atoms with E-state index in [-0.39, 0.29) is 12.5 Å². The van der Waals surface area contributed by atoms with Gasteiger partial charge in [-0.2, -0.15) is 0 Å². The van der Waals surface area contributed by atoms with Crippen molar-refractivity contribution in [2.24, 2.45) is 0 Å². The van der Waals surface area contributed by atoms with Crippen molar-refractivity contribution in [2.45, 2.75) is 25.9 Å². The fourth-order valence-corrected chi connectivity index (χ4v) is 2.56. The number of piperidine rings is 1. The van der Waals surface area contributed by atoms with Crippen molar-refractivity contribution in [1.82, 2.24) is 4.98 Å². The van der Waals surface area contributed by atoms with E-state index >= 15 is 0 Å². The van der Waals surface area contributed by atoms with Gasteiger partial charge in [-0.1, -0.05) is 6.07 Å². The number of esters is 1. The van der Waals surface area contributed by atoms with Gasteiger partial charge in [0, 0.05) is 24.8 Å². The molecule has 2 heterocycles. The highest BCUT2D eigenvalue weighted by molar-refractivity contribution is 5.95. The Labute approximate surface area is 134 Å². The van der Waals surface area contributed by atoms with E-state index in [9.17, 15) is 9.59 Å². The number of anilines is 1. The first-order valence-corrected chi connectivity index (χ1v) is 7.71. The second-order valence-electron chi connectivity index (χ2n) is 5.45. The van der Waals surface area contributed by atoms with Crippen LogP contribution < -0.4 is 4.90 Å². The van der Waals surface area contributed by atoms with Gasteiger partial charge in [-0.05, 0) is 49.2 Å². The van der Waals surface area contributed by atoms with Crippen LogP contribution >= 0.6 is 0 Å². The van der Waals surface area contributed by atoms with Gasteiger partial charge in [-0.25, -0.2) is 4.79 Å². The molecule has 23 heavy (non-hydrogen) atoms. The minimum Gasteiger partial charge on any atom is -0.456 e. The van der Waals surface area contributed by atoms with Gasteiger partial charge < -0.3 is 9.64 Å². The molecule has 0 bridgehead atoms. The van der Waals surface area contributed by atoms with Crippen LogP contribution in [0.15, 0.2) is 48.7 Å². The number of rotatable bonds is 4. The number of hydrogen-bond donors (Lipinski definition) is 0. The van der Waals surface area contributed by atoms with Crippen LogP contribution in [0.4, 0.5) is 5.69 Å². The molecule has 1 aliphatic heterocycles. The number of carbonyl (C=O) groups is 2. The van der Waals surface area contributed by atoms with Crippen LogP contribution in [0.5, 0.6) is 0 Å². The Bertz CT molecular complexity index is 683. The van der Waals surface area contributed by atoms with E-state index in [0.29, 0.717) is 17.7 Å². The van der Waals surface area contributed by atoms with Crippen LogP contribution in [0.25, 0.3) is 0 Å². The Hall–Kier alpha value is -2.69. The summed E-state index contributed by atoms with van der Waals surface area (Å²) in [6.07, 6.45) is 4.22. The Kier molecular flexibility index (Phi) is 4.66. The molecule has 1 aromatic heterocycles. The van der Waals surface area contributed by atoms with Crippen LogP contribution in [0.1, 0.15) is 35.3 Å². The fraction of sp³-hybridized carbons (Fsp3) is 0.278. The van der Waals surface area contributed by atoms with Gasteiger partial charge in [0.1, 0.15) is 6.61 Å². The molecule has 0 saturated carbocycles. The summed E-state index contributed by atoms with van der Waals surface area (Å²) >= 11 is 0. The molecule has 1 fully saturated rings. The highest BCUT2D eigenvalue weighted by Gasteiger charge is 2.19. The molecule has 0 N–H and O–H groups in total. The van der Waals surface area contributed by atoms with Crippen molar-refractivity contribution < 1.29 is 14.3 Å². The maximum absolute atomic E-state index is 12.0. The number of benzene rings is 1. The SMILES string of the molecule is O=C(OCc1ccccn1)c1ccc(N2CCCCC2=O)cc1. The first kappa shape index (κ1) is 15.2. The van der Waals surface area contributed by atoms with Crippen molar-refractivity contribution in [3.8, 4) is 0 Å². The lowest BCUT2D eigenvalue weighted by Gasteiger charge is -2.26. The van der Waals surface area contributed by atoms with E-state index in [0.717, 1.165) is 25.1 Å². The van der Waals surface area contributed by atoms with E-state index in [1.54, 1.807) is 41.4 Å². The van der Waals surface area contributed by atoms with E-state index in [1.807, 2.05) is 12.1 Å². The predicted molar refractivity (Wildman–Crippen MR) is 86.0 cm³/mol. The van der Waals surface area contributed by atoms with E-state index < -0.39 is 5.97 Å². The quantitative estimate of drug-likeness (QED) is 0.815. The van der Waals surface area contributed by atoms with Crippen molar-refractivity contribution in [1.29, 1.82) is 0 Å². The van der Waals surface area contributed by atoms with Crippen molar-refractivity contribution in [3.05, 3.63) is 59.9 Å². The molecule has 0 radical (unpaired) electrons. The first-order valence-electron chi connectivity index (χ1n) is 7.71. The van der Waals surface area contributed by atoms with Crippen LogP contribution in [0, 0.1) is 0 Å². The Balaban J connectivity index is 1.62. The summed E-state index contributed by atoms with van der Waals surface area (Å²) in [7, 11) is 0. The lowest BCUT2D eigenvalue weighted by Crippen LogP contribution is -2.35. The lowest BCUT2D eigenvalue weighted by molar-refractivity contribution is -0.119. The fourth-order valence-electron chi connectivity index (χ4n) is 2.56. The molecular weight excluding hydrogens is 292 g/mol. The molecule has 1 aromatic carbocycles. The van der Waals surface area contributed by atoms with Gasteiger partial charge in [0.2, 0.25) is 5.91 Å². The Morgan fingerprint density at radius 1 is 1.13 bits per heavy atom. The number of pyridine rings is 1. The summed E-state index contributed by atoms with van der Waals surface area (Å²) in [5.74, 6) is -0.256. The number of ether oxygens (including phenoxy) is 1. The molecule has 1 aliphatic rings. The minimum absolute atomic E-state index is 0.140. The van der Waals surface area contributed by atoms with E-state index in [1.165, 1.54) is 0 Å². The van der Waals surface area contributed by atoms with E-state index in [4.69, 9.17) is 4.74 Å². The largest absolute Gasteiger partial charge is 0.456 e. The highest BCUT2D eigenvalue weighted by Crippen LogP contribution is 2.21. The normalized spacial score (nSPS) is 14.6. The second-order valence-corrected chi connectivity index (χ2v) is 5.45. The zero-order valence-corrected chi connectivity index (χ0v) is 12.8. The number of amides is 1. The van der Waals surface area contributed by atoms with Crippen molar-refractivity contribution in [2.75, 3.05) is 11.4 Å². The number of nitrogens with zero attached hydrogens (tertiary/aromatic N) is 2. The average molecular weight is 310 g/mol. The maximum atomic E-state index is 12.0. The minimum atomic E-state index is -0.396. The maximum Gasteiger partial charge on any atom is 0.338 e. The summed E-state index contributed by atoms with van der Waals surface area (Å²) < 4.78 is 5.24. The average Bonchev–Trinajstić information content (AvgIpc) is 2.61. The van der Waals surface area contributed by atoms with Crippen molar-refractivity contribution >= 4 is 17.6 Å². The summed E-state index contributed by atoms with van der Waals surface area (Å²) in [5, 5.41) is 0. The third-order valence-corrected chi connectivity index (χ3v) is 3.82. The highest BCUT2D eigenvalue weighted by atomic mass is 16.5. The zero-order valence-electron chi connectivity index (χ0n) is 12.8. The Morgan fingerprint density at radius 3 is 2.65 bits per heavy atom. The zero-order chi connectivity index (χ0) is 16.1. The van der Waals surface area contributed by atoms with Gasteiger partial charge in [-0.15, -0.1) is 0 Å². The molecule has 1 saturated heterocycles. The molecule has 5 heteroatoms. The molecule has 2 aromatic rings. The lowest BCUT2D eigenvalue weighted by atomic mass is 10.1. The van der Waals surface area contributed by atoms with Crippen LogP contribution in [0.2, 0.25) is 0 Å². The smallest absolute Gasteiger partial charge is 0.338 e. The molecule has 118 valence electrons. The summed E-state index contributed by atoms with van der Waals surface area (Å²) in [6.45, 7) is 0.883. The summed E-state index contributed by atoms with van der Waals surface area (Å²) in [4.78, 5) is 29.8. The summed E-state index contributed by atoms with van der Waals surface area (Å²) in [5.41, 5.74) is 2.00. The van der Waals surface area contributed by atoms with Crippen LogP contribution in [0.3, 0.4) is 0 Å². The molecule has 0 spiro atoms. The number of aromatic nitrogens is 1. The third-order valence-electron chi connectivity index (χ3n) is 3.82. The monoisotopic (exact) mass is 310 g/mol. The number of carbonyl (C=O) groups excluding carboxylic acids is 2. The Morgan fingerprint density at radius 2 is 1.96 bits per heavy atom. The van der Waals surface area contributed by atoms with Gasteiger partial charge in [0.05, 0.1) is 11.3 Å². The standard InChI is InChI=1S/C18H18N2O3/c21-17-6-2-4-12-20(17)16-9-7-14(8-10-16)18(22)23-13-15-5-1-3-11-19-15/h1,3,5,7-11H,2,4,6,12-13H2. The summed E-state index contributed by atoms with van der Waals surface area (Å²) in [6, 6.07) is 12.4. The van der Waals surface area contributed by atoms with Crippen LogP contribution in [-0.4, -0.2) is 23.4 Å². The first-order chi connectivity index (χ1) is 11.2. The van der Waals surface area contributed by atoms with Gasteiger partial charge in [-0.3, -0.25) is 9.78 Å². The molecule has 5 nitrogen and oxygen atoms in total. The topological polar surface area (TPSA) is 59.5 Å². The molecule has 0 atom stereocenters. The molecule has 0 unspecified atom stereocenters.